The Balaban J connectivity index is 1.64. The molecule has 0 bridgehead atoms. The molecule has 0 N–H and O–H groups in total. The summed E-state index contributed by atoms with van der Waals surface area (Å²) < 4.78 is 43.6. The molecule has 8 heteroatoms. The van der Waals surface area contributed by atoms with E-state index in [1.165, 1.54) is 29.1 Å². The highest BCUT2D eigenvalue weighted by atomic mass is 32.2. The number of carbonyl (C=O) groups is 1. The molecule has 1 fully saturated rings. The van der Waals surface area contributed by atoms with Gasteiger partial charge >= 0.3 is 5.97 Å². The van der Waals surface area contributed by atoms with Crippen molar-refractivity contribution < 1.29 is 22.7 Å². The Bertz CT molecular complexity index is 932. The fourth-order valence-corrected chi connectivity index (χ4v) is 4.40. The van der Waals surface area contributed by atoms with Crippen molar-refractivity contribution in [1.82, 2.24) is 9.21 Å². The zero-order valence-corrected chi connectivity index (χ0v) is 18.7. The van der Waals surface area contributed by atoms with Gasteiger partial charge in [-0.25, -0.2) is 13.5 Å². The smallest absolute Gasteiger partial charge is 0.337 e. The molecule has 2 aromatic rings. The molecule has 0 amide bonds. The first kappa shape index (κ1) is 23.5. The van der Waals surface area contributed by atoms with E-state index in [0.29, 0.717) is 12.3 Å². The van der Waals surface area contributed by atoms with Crippen molar-refractivity contribution in [3.05, 3.63) is 70.5 Å². The molecule has 1 atom stereocenters. The van der Waals surface area contributed by atoms with E-state index < -0.39 is 23.1 Å². The van der Waals surface area contributed by atoms with Gasteiger partial charge in [-0.2, -0.15) is 0 Å². The van der Waals surface area contributed by atoms with Gasteiger partial charge < -0.3 is 14.2 Å². The van der Waals surface area contributed by atoms with Crippen LogP contribution in [0.4, 0.5) is 4.39 Å². The predicted molar refractivity (Wildman–Crippen MR) is 117 cm³/mol. The monoisotopic (exact) mass is 447 g/mol. The quantitative estimate of drug-likeness (QED) is 0.459. The summed E-state index contributed by atoms with van der Waals surface area (Å²) in [6.07, 6.45) is 2.78. The number of hydrogen-bond donors (Lipinski definition) is 0. The molecular formula is C23H28FN2O4S-. The molecule has 31 heavy (non-hydrogen) atoms. The number of piperidine rings is 1. The van der Waals surface area contributed by atoms with Gasteiger partial charge in [0, 0.05) is 29.9 Å². The summed E-state index contributed by atoms with van der Waals surface area (Å²) in [6.45, 7) is 2.31. The van der Waals surface area contributed by atoms with E-state index >= 15 is 0 Å². The average Bonchev–Trinajstić information content (AvgIpc) is 2.77. The number of halogens is 1. The number of likely N-dealkylation sites (tertiary alicyclic amines) is 1. The van der Waals surface area contributed by atoms with Crippen LogP contribution in [0.15, 0.2) is 42.5 Å². The van der Waals surface area contributed by atoms with Crippen molar-refractivity contribution in [3.63, 3.8) is 0 Å². The summed E-state index contributed by atoms with van der Waals surface area (Å²) >= 11 is -2.50. The maximum Gasteiger partial charge on any atom is 0.337 e. The largest absolute Gasteiger partial charge is 0.760 e. The highest BCUT2D eigenvalue weighted by Crippen LogP contribution is 2.28. The van der Waals surface area contributed by atoms with Crippen LogP contribution >= 0.6 is 0 Å². The molecule has 2 aromatic carbocycles. The van der Waals surface area contributed by atoms with Crippen LogP contribution in [0.5, 0.6) is 0 Å². The third-order valence-corrected chi connectivity index (χ3v) is 6.56. The molecule has 1 aliphatic rings. The average molecular weight is 448 g/mol. The molecule has 168 valence electrons. The van der Waals surface area contributed by atoms with E-state index in [1.807, 2.05) is 12.1 Å². The first-order chi connectivity index (χ1) is 14.9. The number of rotatable bonds is 8. The molecule has 0 spiro atoms. The second-order valence-electron chi connectivity index (χ2n) is 7.95. The summed E-state index contributed by atoms with van der Waals surface area (Å²) in [5.41, 5.74) is 2.65. The van der Waals surface area contributed by atoms with E-state index in [4.69, 9.17) is 0 Å². The van der Waals surface area contributed by atoms with Crippen LogP contribution in [0.3, 0.4) is 0 Å². The SMILES string of the molecule is COC(=O)c1ccc(CN(CCc2cccc(C3CCN(C)CC3)c2)S(=O)[O-])c(F)c1. The van der Waals surface area contributed by atoms with E-state index in [9.17, 15) is 17.9 Å². The lowest BCUT2D eigenvalue weighted by atomic mass is 9.88. The topological polar surface area (TPSA) is 72.9 Å². The van der Waals surface area contributed by atoms with Gasteiger partial charge in [-0.15, -0.1) is 0 Å². The Hall–Kier alpha value is -2.13. The maximum absolute atomic E-state index is 14.4. The minimum Gasteiger partial charge on any atom is -0.760 e. The summed E-state index contributed by atoms with van der Waals surface area (Å²) in [5, 5.41) is 0. The van der Waals surface area contributed by atoms with Crippen LogP contribution in [0, 0.1) is 5.82 Å². The molecule has 1 saturated heterocycles. The highest BCUT2D eigenvalue weighted by molar-refractivity contribution is 7.76. The van der Waals surface area contributed by atoms with Gasteiger partial charge in [0.05, 0.1) is 12.7 Å². The number of hydrogen-bond acceptors (Lipinski definition) is 5. The Morgan fingerprint density at radius 1 is 1.26 bits per heavy atom. The van der Waals surface area contributed by atoms with Crippen molar-refractivity contribution in [3.8, 4) is 0 Å². The van der Waals surface area contributed by atoms with Gasteiger partial charge in [0.1, 0.15) is 5.82 Å². The van der Waals surface area contributed by atoms with Gasteiger partial charge in [-0.3, -0.25) is 4.21 Å². The number of ether oxygens (including phenoxy) is 1. The number of methoxy groups -OCH3 is 1. The van der Waals surface area contributed by atoms with E-state index in [-0.39, 0.29) is 24.2 Å². The lowest BCUT2D eigenvalue weighted by Gasteiger charge is -2.29. The molecule has 1 aliphatic heterocycles. The van der Waals surface area contributed by atoms with Crippen LogP contribution in [0.25, 0.3) is 0 Å². The van der Waals surface area contributed by atoms with Crippen LogP contribution in [-0.4, -0.2) is 57.7 Å². The van der Waals surface area contributed by atoms with Crippen LogP contribution < -0.4 is 0 Å². The number of nitrogens with zero attached hydrogens (tertiary/aromatic N) is 2. The van der Waals surface area contributed by atoms with Crippen molar-refractivity contribution in [2.75, 3.05) is 33.8 Å². The van der Waals surface area contributed by atoms with Gasteiger partial charge in [0.25, 0.3) is 0 Å². The molecular weight excluding hydrogens is 419 g/mol. The molecule has 0 aliphatic carbocycles. The molecule has 1 heterocycles. The number of esters is 1. The summed E-state index contributed by atoms with van der Waals surface area (Å²) in [5.74, 6) is -0.745. The highest BCUT2D eigenvalue weighted by Gasteiger charge is 2.19. The first-order valence-electron chi connectivity index (χ1n) is 10.4. The second-order valence-corrected chi connectivity index (χ2v) is 8.90. The number of carbonyl (C=O) groups excluding carboxylic acids is 1. The van der Waals surface area contributed by atoms with Crippen molar-refractivity contribution in [2.24, 2.45) is 0 Å². The Morgan fingerprint density at radius 2 is 2.00 bits per heavy atom. The minimum absolute atomic E-state index is 0.0873. The third-order valence-electron chi connectivity index (χ3n) is 5.82. The molecule has 0 aromatic heterocycles. The summed E-state index contributed by atoms with van der Waals surface area (Å²) in [6, 6.07) is 12.2. The minimum atomic E-state index is -2.50. The summed E-state index contributed by atoms with van der Waals surface area (Å²) in [7, 11) is 3.36. The van der Waals surface area contributed by atoms with E-state index in [0.717, 1.165) is 37.6 Å². The molecule has 1 unspecified atom stereocenters. The molecule has 0 saturated carbocycles. The fraction of sp³-hybridized carbons (Fsp3) is 0.435. The molecule has 0 radical (unpaired) electrons. The van der Waals surface area contributed by atoms with Gasteiger partial charge in [0.15, 0.2) is 0 Å². The molecule has 3 rings (SSSR count). The second kappa shape index (κ2) is 10.9. The summed E-state index contributed by atoms with van der Waals surface area (Å²) in [4.78, 5) is 13.9. The first-order valence-corrected chi connectivity index (χ1v) is 11.4. The van der Waals surface area contributed by atoms with Crippen molar-refractivity contribution in [2.45, 2.75) is 31.7 Å². The van der Waals surface area contributed by atoms with E-state index in [1.54, 1.807) is 0 Å². The van der Waals surface area contributed by atoms with E-state index in [2.05, 4.69) is 28.8 Å². The molecule has 6 nitrogen and oxygen atoms in total. The van der Waals surface area contributed by atoms with Gasteiger partial charge in [0.2, 0.25) is 0 Å². The van der Waals surface area contributed by atoms with Crippen molar-refractivity contribution >= 4 is 17.2 Å². The Kier molecular flexibility index (Phi) is 8.31. The lowest BCUT2D eigenvalue weighted by molar-refractivity contribution is 0.0600. The Labute approximate surface area is 185 Å². The van der Waals surface area contributed by atoms with Gasteiger partial charge in [-0.1, -0.05) is 30.3 Å². The standard InChI is InChI=1S/C23H29FN2O4S/c1-25-11-9-18(10-12-25)19-5-3-4-17(14-19)8-13-26(31(28)29)16-21-7-6-20(15-22(21)24)23(27)30-2/h3-7,14-15,18H,8-13,16H2,1-2H3,(H,28,29)/p-1. The zero-order valence-electron chi connectivity index (χ0n) is 17.9. The zero-order chi connectivity index (χ0) is 22.4. The maximum atomic E-state index is 14.4. The predicted octanol–water partition coefficient (Wildman–Crippen LogP) is 3.26. The number of benzene rings is 2. The third kappa shape index (κ3) is 6.43. The normalized spacial score (nSPS) is 16.4. The fourth-order valence-electron chi connectivity index (χ4n) is 3.91. The lowest BCUT2D eigenvalue weighted by Crippen LogP contribution is -2.29. The van der Waals surface area contributed by atoms with Crippen LogP contribution in [0.1, 0.15) is 45.8 Å². The van der Waals surface area contributed by atoms with Crippen LogP contribution in [0.2, 0.25) is 0 Å². The van der Waals surface area contributed by atoms with Crippen molar-refractivity contribution in [1.29, 1.82) is 0 Å². The Morgan fingerprint density at radius 3 is 2.65 bits per heavy atom. The van der Waals surface area contributed by atoms with Crippen LogP contribution in [-0.2, 0) is 29.0 Å². The van der Waals surface area contributed by atoms with Gasteiger partial charge in [-0.05, 0) is 68.6 Å².